The number of hydrogen-bond acceptors (Lipinski definition) is 4. The monoisotopic (exact) mass is 353 g/mol. The third-order valence-corrected chi connectivity index (χ3v) is 3.34. The lowest BCUT2D eigenvalue weighted by Gasteiger charge is -2.16. The van der Waals surface area contributed by atoms with Gasteiger partial charge in [-0.15, -0.1) is 0 Å². The number of aromatic nitrogens is 1. The van der Waals surface area contributed by atoms with Gasteiger partial charge in [0, 0.05) is 23.0 Å². The Hall–Kier alpha value is -2.31. The molecule has 8 heteroatoms. The molecule has 120 valence electrons. The molecule has 1 aromatic carbocycles. The van der Waals surface area contributed by atoms with Crippen LogP contribution >= 0.6 is 23.2 Å². The minimum Gasteiger partial charge on any atom is -0.479 e. The molecule has 2 amide bonds. The SMILES string of the molecule is C[C@@H](Oc1ccc(Cl)cc1Cl)C(=O)NNC(=O)c1ccncc1. The smallest absolute Gasteiger partial charge is 0.279 e. The Balaban J connectivity index is 1.89. The van der Waals surface area contributed by atoms with Crippen molar-refractivity contribution < 1.29 is 14.3 Å². The lowest BCUT2D eigenvalue weighted by atomic mass is 10.2. The summed E-state index contributed by atoms with van der Waals surface area (Å²) < 4.78 is 5.44. The second-order valence-electron chi connectivity index (χ2n) is 4.51. The molecule has 1 heterocycles. The van der Waals surface area contributed by atoms with Crippen LogP contribution in [0.4, 0.5) is 0 Å². The lowest BCUT2D eigenvalue weighted by Crippen LogP contribution is -2.47. The van der Waals surface area contributed by atoms with Crippen molar-refractivity contribution in [2.24, 2.45) is 0 Å². The van der Waals surface area contributed by atoms with Gasteiger partial charge in [0.15, 0.2) is 6.10 Å². The second-order valence-corrected chi connectivity index (χ2v) is 5.36. The van der Waals surface area contributed by atoms with Gasteiger partial charge in [0.1, 0.15) is 5.75 Å². The van der Waals surface area contributed by atoms with Crippen molar-refractivity contribution in [1.82, 2.24) is 15.8 Å². The van der Waals surface area contributed by atoms with Crippen LogP contribution in [-0.4, -0.2) is 22.9 Å². The van der Waals surface area contributed by atoms with Crippen LogP contribution in [0.2, 0.25) is 10.0 Å². The highest BCUT2D eigenvalue weighted by Gasteiger charge is 2.17. The highest BCUT2D eigenvalue weighted by Crippen LogP contribution is 2.28. The fourth-order valence-corrected chi connectivity index (χ4v) is 2.06. The van der Waals surface area contributed by atoms with E-state index in [2.05, 4.69) is 15.8 Å². The summed E-state index contributed by atoms with van der Waals surface area (Å²) >= 11 is 11.8. The summed E-state index contributed by atoms with van der Waals surface area (Å²) in [7, 11) is 0. The number of hydrazine groups is 1. The summed E-state index contributed by atoms with van der Waals surface area (Å²) in [5.74, 6) is -0.671. The van der Waals surface area contributed by atoms with Crippen molar-refractivity contribution in [3.8, 4) is 5.75 Å². The average Bonchev–Trinajstić information content (AvgIpc) is 2.55. The third kappa shape index (κ3) is 4.84. The molecule has 0 fully saturated rings. The minimum absolute atomic E-state index is 0.290. The van der Waals surface area contributed by atoms with Gasteiger partial charge in [-0.25, -0.2) is 0 Å². The van der Waals surface area contributed by atoms with Crippen molar-refractivity contribution in [3.63, 3.8) is 0 Å². The Bertz CT molecular complexity index is 710. The molecular formula is C15H13Cl2N3O3. The zero-order chi connectivity index (χ0) is 16.8. The van der Waals surface area contributed by atoms with E-state index in [0.717, 1.165) is 0 Å². The summed E-state index contributed by atoms with van der Waals surface area (Å²) in [4.78, 5) is 27.5. The first kappa shape index (κ1) is 17.1. The van der Waals surface area contributed by atoms with Gasteiger partial charge in [0.25, 0.3) is 11.8 Å². The number of carbonyl (C=O) groups excluding carboxylic acids is 2. The summed E-state index contributed by atoms with van der Waals surface area (Å²) in [5.41, 5.74) is 4.94. The molecule has 23 heavy (non-hydrogen) atoms. The number of halogens is 2. The largest absolute Gasteiger partial charge is 0.479 e. The highest BCUT2D eigenvalue weighted by atomic mass is 35.5. The van der Waals surface area contributed by atoms with E-state index in [9.17, 15) is 9.59 Å². The number of carbonyl (C=O) groups is 2. The van der Waals surface area contributed by atoms with Crippen LogP contribution in [0.5, 0.6) is 5.75 Å². The van der Waals surface area contributed by atoms with Crippen molar-refractivity contribution in [2.75, 3.05) is 0 Å². The number of benzene rings is 1. The Morgan fingerprint density at radius 2 is 1.83 bits per heavy atom. The summed E-state index contributed by atoms with van der Waals surface area (Å²) in [6.45, 7) is 1.53. The molecular weight excluding hydrogens is 341 g/mol. The maximum absolute atomic E-state index is 11.9. The number of ether oxygens (including phenoxy) is 1. The first-order valence-electron chi connectivity index (χ1n) is 6.59. The van der Waals surface area contributed by atoms with E-state index < -0.39 is 17.9 Å². The minimum atomic E-state index is -0.869. The average molecular weight is 354 g/mol. The number of rotatable bonds is 4. The topological polar surface area (TPSA) is 80.3 Å². The normalized spacial score (nSPS) is 11.4. The number of pyridine rings is 1. The third-order valence-electron chi connectivity index (χ3n) is 2.81. The fraction of sp³-hybridized carbons (Fsp3) is 0.133. The van der Waals surface area contributed by atoms with E-state index in [1.165, 1.54) is 37.5 Å². The number of nitrogens with zero attached hydrogens (tertiary/aromatic N) is 1. The summed E-state index contributed by atoms with van der Waals surface area (Å²) in [6, 6.07) is 7.71. The van der Waals surface area contributed by atoms with Crippen LogP contribution < -0.4 is 15.6 Å². The Morgan fingerprint density at radius 1 is 1.13 bits per heavy atom. The molecule has 0 saturated heterocycles. The zero-order valence-corrected chi connectivity index (χ0v) is 13.6. The van der Waals surface area contributed by atoms with Gasteiger partial charge in [0.05, 0.1) is 5.02 Å². The van der Waals surface area contributed by atoms with E-state index in [-0.39, 0.29) is 5.02 Å². The predicted octanol–water partition coefficient (Wildman–Crippen LogP) is 2.62. The van der Waals surface area contributed by atoms with Crippen molar-refractivity contribution in [2.45, 2.75) is 13.0 Å². The van der Waals surface area contributed by atoms with E-state index in [1.54, 1.807) is 12.1 Å². The van der Waals surface area contributed by atoms with Gasteiger partial charge < -0.3 is 4.74 Å². The molecule has 1 aromatic heterocycles. The molecule has 0 aliphatic carbocycles. The van der Waals surface area contributed by atoms with Gasteiger partial charge in [-0.05, 0) is 37.3 Å². The Labute approximate surface area is 142 Å². The first-order chi connectivity index (χ1) is 11.0. The Morgan fingerprint density at radius 3 is 2.48 bits per heavy atom. The molecule has 0 unspecified atom stereocenters. The van der Waals surface area contributed by atoms with E-state index in [1.807, 2.05) is 0 Å². The molecule has 6 nitrogen and oxygen atoms in total. The lowest BCUT2D eigenvalue weighted by molar-refractivity contribution is -0.128. The van der Waals surface area contributed by atoms with E-state index in [4.69, 9.17) is 27.9 Å². The number of hydrogen-bond donors (Lipinski definition) is 2. The second kappa shape index (κ2) is 7.80. The molecule has 0 spiro atoms. The van der Waals surface area contributed by atoms with Crippen LogP contribution in [0.1, 0.15) is 17.3 Å². The van der Waals surface area contributed by atoms with Crippen LogP contribution in [0.15, 0.2) is 42.7 Å². The van der Waals surface area contributed by atoms with Gasteiger partial charge in [0.2, 0.25) is 0 Å². The molecule has 0 aliphatic rings. The standard InChI is InChI=1S/C15H13Cl2N3O3/c1-9(23-13-3-2-11(16)8-12(13)17)14(21)19-20-15(22)10-4-6-18-7-5-10/h2-9H,1H3,(H,19,21)(H,20,22)/t9-/m1/s1. The maximum atomic E-state index is 11.9. The number of amides is 2. The summed E-state index contributed by atoms with van der Waals surface area (Å²) in [5, 5.41) is 0.752. The van der Waals surface area contributed by atoms with Crippen molar-refractivity contribution in [3.05, 3.63) is 58.3 Å². The zero-order valence-electron chi connectivity index (χ0n) is 12.0. The fourth-order valence-electron chi connectivity index (χ4n) is 1.61. The molecule has 1 atom stereocenters. The van der Waals surface area contributed by atoms with Gasteiger partial charge >= 0.3 is 0 Å². The molecule has 2 rings (SSSR count). The van der Waals surface area contributed by atoms with Crippen LogP contribution in [0.25, 0.3) is 0 Å². The van der Waals surface area contributed by atoms with Crippen molar-refractivity contribution in [1.29, 1.82) is 0 Å². The van der Waals surface area contributed by atoms with E-state index >= 15 is 0 Å². The number of nitrogens with one attached hydrogen (secondary N) is 2. The molecule has 0 aliphatic heterocycles. The van der Waals surface area contributed by atoms with Gasteiger partial charge in [-0.3, -0.25) is 25.4 Å². The quantitative estimate of drug-likeness (QED) is 0.828. The van der Waals surface area contributed by atoms with Crippen LogP contribution in [-0.2, 0) is 4.79 Å². The van der Waals surface area contributed by atoms with Crippen molar-refractivity contribution >= 4 is 35.0 Å². The summed E-state index contributed by atoms with van der Waals surface area (Å²) in [6.07, 6.45) is 2.09. The maximum Gasteiger partial charge on any atom is 0.279 e. The Kier molecular flexibility index (Phi) is 5.78. The first-order valence-corrected chi connectivity index (χ1v) is 7.35. The molecule has 0 bridgehead atoms. The van der Waals surface area contributed by atoms with Crippen LogP contribution in [0.3, 0.4) is 0 Å². The molecule has 2 aromatic rings. The van der Waals surface area contributed by atoms with Gasteiger partial charge in [-0.2, -0.15) is 0 Å². The van der Waals surface area contributed by atoms with Gasteiger partial charge in [-0.1, -0.05) is 23.2 Å². The van der Waals surface area contributed by atoms with E-state index in [0.29, 0.717) is 16.3 Å². The highest BCUT2D eigenvalue weighted by molar-refractivity contribution is 6.35. The van der Waals surface area contributed by atoms with Crippen LogP contribution in [0, 0.1) is 0 Å². The molecule has 0 radical (unpaired) electrons. The predicted molar refractivity (Wildman–Crippen MR) is 86.4 cm³/mol. The molecule has 2 N–H and O–H groups in total. The molecule has 0 saturated carbocycles.